The van der Waals surface area contributed by atoms with Gasteiger partial charge in [0.15, 0.2) is 5.96 Å². The number of aliphatic imine (C=N–C) groups is 1. The summed E-state index contributed by atoms with van der Waals surface area (Å²) in [6, 6.07) is 0. The number of hydrogen-bond acceptors (Lipinski definition) is 2. The number of ether oxygens (including phenoxy) is 1. The van der Waals surface area contributed by atoms with E-state index in [1.54, 1.807) is 7.05 Å². The van der Waals surface area contributed by atoms with Crippen LogP contribution < -0.4 is 10.6 Å². The van der Waals surface area contributed by atoms with Gasteiger partial charge in [0.05, 0.1) is 6.54 Å². The highest BCUT2D eigenvalue weighted by Crippen LogP contribution is 2.12. The van der Waals surface area contributed by atoms with Crippen LogP contribution in [0.2, 0.25) is 0 Å². The van der Waals surface area contributed by atoms with Crippen LogP contribution in [0, 0.1) is 5.92 Å². The first-order valence-electron chi connectivity index (χ1n) is 5.58. The van der Waals surface area contributed by atoms with Gasteiger partial charge in [-0.15, -0.1) is 0 Å². The van der Waals surface area contributed by atoms with E-state index in [9.17, 15) is 0 Å². The van der Waals surface area contributed by atoms with Gasteiger partial charge in [0.1, 0.15) is 0 Å². The summed E-state index contributed by atoms with van der Waals surface area (Å²) in [6.45, 7) is 6.82. The molecular formula is C11H20ClN3O. The molecule has 0 atom stereocenters. The van der Waals surface area contributed by atoms with Crippen molar-refractivity contribution in [3.8, 4) is 0 Å². The zero-order valence-electron chi connectivity index (χ0n) is 9.76. The lowest BCUT2D eigenvalue weighted by molar-refractivity contribution is 0.0675. The van der Waals surface area contributed by atoms with Gasteiger partial charge in [-0.2, -0.15) is 0 Å². The van der Waals surface area contributed by atoms with E-state index in [-0.39, 0.29) is 0 Å². The number of nitrogens with zero attached hydrogens (tertiary/aromatic N) is 1. The molecule has 0 unspecified atom stereocenters. The summed E-state index contributed by atoms with van der Waals surface area (Å²) < 4.78 is 5.31. The second kappa shape index (κ2) is 7.52. The summed E-state index contributed by atoms with van der Waals surface area (Å²) in [5, 5.41) is 6.94. The van der Waals surface area contributed by atoms with Crippen molar-refractivity contribution in [1.82, 2.24) is 10.6 Å². The van der Waals surface area contributed by atoms with Gasteiger partial charge in [-0.25, -0.2) is 0 Å². The summed E-state index contributed by atoms with van der Waals surface area (Å²) >= 11 is 5.67. The lowest BCUT2D eigenvalue weighted by atomic mass is 10.0. The van der Waals surface area contributed by atoms with Crippen molar-refractivity contribution in [2.24, 2.45) is 10.9 Å². The highest BCUT2D eigenvalue weighted by molar-refractivity contribution is 6.29. The van der Waals surface area contributed by atoms with Crippen LogP contribution >= 0.6 is 11.6 Å². The second-order valence-corrected chi connectivity index (χ2v) is 4.41. The maximum absolute atomic E-state index is 5.67. The molecule has 0 amide bonds. The molecular weight excluding hydrogens is 226 g/mol. The maximum atomic E-state index is 5.67. The van der Waals surface area contributed by atoms with Gasteiger partial charge in [0, 0.05) is 31.8 Å². The van der Waals surface area contributed by atoms with Crippen LogP contribution in [-0.2, 0) is 4.74 Å². The van der Waals surface area contributed by atoms with Crippen LogP contribution in [-0.4, -0.2) is 39.3 Å². The predicted octanol–water partition coefficient (Wildman–Crippen LogP) is 1.33. The fourth-order valence-corrected chi connectivity index (χ4v) is 1.66. The van der Waals surface area contributed by atoms with Crippen LogP contribution in [0.25, 0.3) is 0 Å². The summed E-state index contributed by atoms with van der Waals surface area (Å²) in [6.07, 6.45) is 2.23. The van der Waals surface area contributed by atoms with Crippen LogP contribution in [0.3, 0.4) is 0 Å². The van der Waals surface area contributed by atoms with Crippen molar-refractivity contribution in [3.05, 3.63) is 11.6 Å². The molecule has 1 aliphatic rings. The summed E-state index contributed by atoms with van der Waals surface area (Å²) in [4.78, 5) is 4.11. The van der Waals surface area contributed by atoms with Gasteiger partial charge in [-0.3, -0.25) is 4.99 Å². The van der Waals surface area contributed by atoms with Crippen molar-refractivity contribution in [1.29, 1.82) is 0 Å². The average molecular weight is 246 g/mol. The Kier molecular flexibility index (Phi) is 6.26. The first-order valence-corrected chi connectivity index (χ1v) is 5.95. The molecule has 4 nitrogen and oxygen atoms in total. The van der Waals surface area contributed by atoms with Crippen LogP contribution in [0.1, 0.15) is 12.8 Å². The molecule has 1 heterocycles. The van der Waals surface area contributed by atoms with Gasteiger partial charge in [0.25, 0.3) is 0 Å². The molecule has 0 aromatic rings. The number of guanidine groups is 1. The van der Waals surface area contributed by atoms with Gasteiger partial charge < -0.3 is 15.4 Å². The maximum Gasteiger partial charge on any atom is 0.191 e. The van der Waals surface area contributed by atoms with Crippen molar-refractivity contribution >= 4 is 17.6 Å². The number of rotatable bonds is 4. The van der Waals surface area contributed by atoms with Crippen molar-refractivity contribution in [3.63, 3.8) is 0 Å². The van der Waals surface area contributed by atoms with E-state index in [1.807, 2.05) is 0 Å². The van der Waals surface area contributed by atoms with Crippen LogP contribution in [0.5, 0.6) is 0 Å². The third kappa shape index (κ3) is 5.37. The van der Waals surface area contributed by atoms with Gasteiger partial charge in [-0.1, -0.05) is 18.2 Å². The van der Waals surface area contributed by atoms with Crippen LogP contribution in [0.15, 0.2) is 16.6 Å². The Morgan fingerprint density at radius 1 is 1.44 bits per heavy atom. The molecule has 0 radical (unpaired) electrons. The smallest absolute Gasteiger partial charge is 0.191 e. The molecule has 0 aromatic carbocycles. The average Bonchev–Trinajstić information content (AvgIpc) is 2.30. The quantitative estimate of drug-likeness (QED) is 0.580. The van der Waals surface area contributed by atoms with E-state index < -0.39 is 0 Å². The standard InChI is InChI=1S/C11H20ClN3O/c1-9(12)7-14-11(13-2)15-8-10-3-5-16-6-4-10/h10H,1,3-8H2,2H3,(H2,13,14,15). The lowest BCUT2D eigenvalue weighted by Crippen LogP contribution is -2.41. The zero-order valence-corrected chi connectivity index (χ0v) is 10.5. The largest absolute Gasteiger partial charge is 0.381 e. The first kappa shape index (κ1) is 13.3. The Bertz CT molecular complexity index is 250. The van der Waals surface area contributed by atoms with E-state index in [0.29, 0.717) is 17.5 Å². The monoisotopic (exact) mass is 245 g/mol. The molecule has 0 spiro atoms. The van der Waals surface area contributed by atoms with Crippen molar-refractivity contribution < 1.29 is 4.74 Å². The molecule has 5 heteroatoms. The first-order chi connectivity index (χ1) is 7.72. The molecule has 0 saturated carbocycles. The summed E-state index contributed by atoms with van der Waals surface area (Å²) in [5.41, 5.74) is 0. The molecule has 1 fully saturated rings. The van der Waals surface area contributed by atoms with Crippen molar-refractivity contribution in [2.75, 3.05) is 33.4 Å². The molecule has 16 heavy (non-hydrogen) atoms. The fourth-order valence-electron chi connectivity index (χ4n) is 1.59. The molecule has 1 saturated heterocycles. The lowest BCUT2D eigenvalue weighted by Gasteiger charge is -2.23. The minimum atomic E-state index is 0.537. The highest BCUT2D eigenvalue weighted by Gasteiger charge is 2.13. The number of halogens is 1. The second-order valence-electron chi connectivity index (χ2n) is 3.88. The van der Waals surface area contributed by atoms with Crippen LogP contribution in [0.4, 0.5) is 0 Å². The SMILES string of the molecule is C=C(Cl)CNC(=NC)NCC1CCOCC1. The molecule has 0 bridgehead atoms. The third-order valence-corrected chi connectivity index (χ3v) is 2.70. The molecule has 1 aliphatic heterocycles. The highest BCUT2D eigenvalue weighted by atomic mass is 35.5. The Labute approximate surface area is 102 Å². The predicted molar refractivity (Wildman–Crippen MR) is 67.9 cm³/mol. The van der Waals surface area contributed by atoms with E-state index in [2.05, 4.69) is 22.2 Å². The molecule has 1 rings (SSSR count). The minimum absolute atomic E-state index is 0.537. The Morgan fingerprint density at radius 3 is 2.69 bits per heavy atom. The van der Waals surface area contributed by atoms with E-state index >= 15 is 0 Å². The summed E-state index contributed by atoms with van der Waals surface area (Å²) in [7, 11) is 1.75. The topological polar surface area (TPSA) is 45.7 Å². The van der Waals surface area contributed by atoms with Gasteiger partial charge in [0.2, 0.25) is 0 Å². The Hall–Kier alpha value is -0.740. The Balaban J connectivity index is 2.20. The summed E-state index contributed by atoms with van der Waals surface area (Å²) in [5.74, 6) is 1.44. The van der Waals surface area contributed by atoms with E-state index in [0.717, 1.165) is 38.6 Å². The van der Waals surface area contributed by atoms with Gasteiger partial charge in [-0.05, 0) is 18.8 Å². The normalized spacial score (nSPS) is 18.2. The zero-order chi connectivity index (χ0) is 11.8. The van der Waals surface area contributed by atoms with E-state index in [4.69, 9.17) is 16.3 Å². The molecule has 92 valence electrons. The van der Waals surface area contributed by atoms with Gasteiger partial charge >= 0.3 is 0 Å². The molecule has 2 N–H and O–H groups in total. The minimum Gasteiger partial charge on any atom is -0.381 e. The molecule has 0 aliphatic carbocycles. The third-order valence-electron chi connectivity index (χ3n) is 2.57. The Morgan fingerprint density at radius 2 is 2.12 bits per heavy atom. The van der Waals surface area contributed by atoms with E-state index in [1.165, 1.54) is 0 Å². The number of nitrogens with one attached hydrogen (secondary N) is 2. The number of hydrogen-bond donors (Lipinski definition) is 2. The van der Waals surface area contributed by atoms with Crippen molar-refractivity contribution in [2.45, 2.75) is 12.8 Å². The molecule has 0 aromatic heterocycles. The fraction of sp³-hybridized carbons (Fsp3) is 0.727.